The van der Waals surface area contributed by atoms with Crippen molar-refractivity contribution in [3.8, 4) is 22.8 Å². The number of aryl methyl sites for hydroxylation is 1. The van der Waals surface area contributed by atoms with Gasteiger partial charge in [-0.1, -0.05) is 57.8 Å². The number of hydrogen-bond donors (Lipinski definition) is 0. The number of benzene rings is 2. The predicted octanol–water partition coefficient (Wildman–Crippen LogP) is 7.33. The van der Waals surface area contributed by atoms with Crippen molar-refractivity contribution in [3.63, 3.8) is 0 Å². The van der Waals surface area contributed by atoms with Crippen LogP contribution < -0.4 is 0 Å². The molecule has 1 aliphatic carbocycles. The Bertz CT molecular complexity index is 1220. The molecule has 2 aromatic carbocycles. The Morgan fingerprint density at radius 1 is 1.00 bits per heavy atom. The van der Waals surface area contributed by atoms with Gasteiger partial charge in [0.25, 0.3) is 5.89 Å². The Morgan fingerprint density at radius 3 is 2.52 bits per heavy atom. The molecular formula is C27H31N3O. The normalized spacial score (nSPS) is 15.2. The van der Waals surface area contributed by atoms with Crippen LogP contribution in [0.3, 0.4) is 0 Å². The molecule has 0 bridgehead atoms. The smallest absolute Gasteiger partial charge is 0.258 e. The van der Waals surface area contributed by atoms with Gasteiger partial charge in [-0.2, -0.15) is 4.98 Å². The summed E-state index contributed by atoms with van der Waals surface area (Å²) in [4.78, 5) is 4.74. The van der Waals surface area contributed by atoms with Gasteiger partial charge in [0.05, 0.1) is 0 Å². The molecule has 0 spiro atoms. The van der Waals surface area contributed by atoms with Crippen molar-refractivity contribution < 1.29 is 4.52 Å². The molecule has 0 amide bonds. The summed E-state index contributed by atoms with van der Waals surface area (Å²) in [6.07, 6.45) is 8.49. The molecule has 0 aliphatic heterocycles. The lowest BCUT2D eigenvalue weighted by Gasteiger charge is -2.23. The molecule has 160 valence electrons. The van der Waals surface area contributed by atoms with E-state index in [9.17, 15) is 0 Å². The minimum absolute atomic E-state index is 0.0748. The van der Waals surface area contributed by atoms with Crippen LogP contribution in [0.1, 0.15) is 70.5 Å². The van der Waals surface area contributed by atoms with Crippen LogP contribution in [0.4, 0.5) is 0 Å². The van der Waals surface area contributed by atoms with Crippen LogP contribution in [0.5, 0.6) is 0 Å². The lowest BCUT2D eigenvalue weighted by Crippen LogP contribution is -2.14. The van der Waals surface area contributed by atoms with Crippen molar-refractivity contribution in [1.29, 1.82) is 0 Å². The van der Waals surface area contributed by atoms with Crippen LogP contribution in [0.25, 0.3) is 33.7 Å². The zero-order valence-corrected chi connectivity index (χ0v) is 19.0. The maximum absolute atomic E-state index is 5.67. The number of hydrogen-bond acceptors (Lipinski definition) is 3. The lowest BCUT2D eigenvalue weighted by molar-refractivity contribution is 0.432. The SMILES string of the molecule is CCc1ccc(-c2noc(-c3ccc4c(ccn4C4CCCC4)c3)n2)cc1C(C)(C)C. The summed E-state index contributed by atoms with van der Waals surface area (Å²) in [5, 5.41) is 5.53. The van der Waals surface area contributed by atoms with E-state index in [0.29, 0.717) is 17.8 Å². The number of fused-ring (bicyclic) bond motifs is 1. The molecule has 4 aromatic rings. The second kappa shape index (κ2) is 7.67. The summed E-state index contributed by atoms with van der Waals surface area (Å²) in [7, 11) is 0. The van der Waals surface area contributed by atoms with Gasteiger partial charge < -0.3 is 9.09 Å². The van der Waals surface area contributed by atoms with Crippen molar-refractivity contribution >= 4 is 10.9 Å². The van der Waals surface area contributed by atoms with Crippen molar-refractivity contribution in [1.82, 2.24) is 14.7 Å². The highest BCUT2D eigenvalue weighted by Crippen LogP contribution is 2.35. The van der Waals surface area contributed by atoms with Crippen molar-refractivity contribution in [3.05, 3.63) is 59.8 Å². The minimum atomic E-state index is 0.0748. The number of aromatic nitrogens is 3. The summed E-state index contributed by atoms with van der Waals surface area (Å²) < 4.78 is 8.11. The third kappa shape index (κ3) is 3.69. The van der Waals surface area contributed by atoms with Gasteiger partial charge in [0.2, 0.25) is 5.82 Å². The maximum Gasteiger partial charge on any atom is 0.258 e. The van der Waals surface area contributed by atoms with Crippen LogP contribution >= 0.6 is 0 Å². The fourth-order valence-corrected chi connectivity index (χ4v) is 4.98. The molecule has 4 nitrogen and oxygen atoms in total. The van der Waals surface area contributed by atoms with E-state index >= 15 is 0 Å². The van der Waals surface area contributed by atoms with Gasteiger partial charge in [-0.3, -0.25) is 0 Å². The molecule has 0 N–H and O–H groups in total. The standard InChI is InChI=1S/C27H31N3O/c1-5-18-10-11-20(17-23(18)27(2,3)4)25-28-26(31-29-25)21-12-13-24-19(16-21)14-15-30(24)22-8-6-7-9-22/h10-17,22H,5-9H2,1-4H3. The number of rotatable bonds is 4. The third-order valence-corrected chi connectivity index (χ3v) is 6.67. The van der Waals surface area contributed by atoms with E-state index < -0.39 is 0 Å². The van der Waals surface area contributed by atoms with E-state index in [0.717, 1.165) is 17.5 Å². The average molecular weight is 414 g/mol. The quantitative estimate of drug-likeness (QED) is 0.352. The molecule has 5 rings (SSSR count). The molecule has 1 aliphatic rings. The fraction of sp³-hybridized carbons (Fsp3) is 0.407. The molecule has 0 radical (unpaired) electrons. The molecule has 2 aromatic heterocycles. The summed E-state index contributed by atoms with van der Waals surface area (Å²) >= 11 is 0. The molecular weight excluding hydrogens is 382 g/mol. The zero-order chi connectivity index (χ0) is 21.6. The van der Waals surface area contributed by atoms with Gasteiger partial charge >= 0.3 is 0 Å². The second-order valence-electron chi connectivity index (χ2n) is 9.83. The highest BCUT2D eigenvalue weighted by Gasteiger charge is 2.21. The fourth-order valence-electron chi connectivity index (χ4n) is 4.98. The first kappa shape index (κ1) is 20.0. The summed E-state index contributed by atoms with van der Waals surface area (Å²) in [6.45, 7) is 8.95. The van der Waals surface area contributed by atoms with Crippen LogP contribution in [0.2, 0.25) is 0 Å². The summed E-state index contributed by atoms with van der Waals surface area (Å²) in [5.41, 5.74) is 6.05. The van der Waals surface area contributed by atoms with E-state index in [2.05, 4.69) is 86.1 Å². The van der Waals surface area contributed by atoms with Crippen molar-refractivity contribution in [2.24, 2.45) is 0 Å². The first-order chi connectivity index (χ1) is 14.9. The Kier molecular flexibility index (Phi) is 4.96. The van der Waals surface area contributed by atoms with Crippen molar-refractivity contribution in [2.45, 2.75) is 71.3 Å². The Labute approximate surface area is 184 Å². The predicted molar refractivity (Wildman–Crippen MR) is 126 cm³/mol. The van der Waals surface area contributed by atoms with E-state index in [1.807, 2.05) is 0 Å². The Hall–Kier alpha value is -2.88. The van der Waals surface area contributed by atoms with Crippen molar-refractivity contribution in [2.75, 3.05) is 0 Å². The van der Waals surface area contributed by atoms with Crippen LogP contribution in [-0.4, -0.2) is 14.7 Å². The zero-order valence-electron chi connectivity index (χ0n) is 19.0. The second-order valence-corrected chi connectivity index (χ2v) is 9.83. The maximum atomic E-state index is 5.67. The van der Waals surface area contributed by atoms with Gasteiger partial charge in [-0.15, -0.1) is 0 Å². The Morgan fingerprint density at radius 2 is 1.77 bits per heavy atom. The molecule has 0 atom stereocenters. The van der Waals surface area contributed by atoms with E-state index in [4.69, 9.17) is 9.51 Å². The van der Waals surface area contributed by atoms with Gasteiger partial charge in [-0.25, -0.2) is 0 Å². The molecule has 1 saturated carbocycles. The Balaban J connectivity index is 1.47. The van der Waals surface area contributed by atoms with Gasteiger partial charge in [0, 0.05) is 34.3 Å². The molecule has 1 fully saturated rings. The largest absolute Gasteiger partial charge is 0.344 e. The van der Waals surface area contributed by atoms with E-state index in [1.165, 1.54) is 47.7 Å². The van der Waals surface area contributed by atoms with Crippen LogP contribution in [0.15, 0.2) is 53.2 Å². The summed E-state index contributed by atoms with van der Waals surface area (Å²) in [6, 6.07) is 15.8. The van der Waals surface area contributed by atoms with E-state index in [-0.39, 0.29) is 5.41 Å². The topological polar surface area (TPSA) is 43.9 Å². The van der Waals surface area contributed by atoms with Gasteiger partial charge in [0.1, 0.15) is 0 Å². The highest BCUT2D eigenvalue weighted by atomic mass is 16.5. The average Bonchev–Trinajstić information content (AvgIpc) is 3.52. The van der Waals surface area contributed by atoms with Crippen LogP contribution in [0, 0.1) is 0 Å². The monoisotopic (exact) mass is 413 g/mol. The summed E-state index contributed by atoms with van der Waals surface area (Å²) in [5.74, 6) is 1.22. The van der Waals surface area contributed by atoms with E-state index in [1.54, 1.807) is 0 Å². The molecule has 0 saturated heterocycles. The van der Waals surface area contributed by atoms with Crippen LogP contribution in [-0.2, 0) is 11.8 Å². The lowest BCUT2D eigenvalue weighted by atomic mass is 9.82. The van der Waals surface area contributed by atoms with Gasteiger partial charge in [-0.05, 0) is 66.1 Å². The highest BCUT2D eigenvalue weighted by molar-refractivity contribution is 5.84. The first-order valence-corrected chi connectivity index (χ1v) is 11.5. The molecule has 4 heteroatoms. The third-order valence-electron chi connectivity index (χ3n) is 6.67. The first-order valence-electron chi connectivity index (χ1n) is 11.5. The minimum Gasteiger partial charge on any atom is -0.344 e. The molecule has 0 unspecified atom stereocenters. The molecule has 31 heavy (non-hydrogen) atoms. The number of nitrogens with zero attached hydrogens (tertiary/aromatic N) is 3. The van der Waals surface area contributed by atoms with Gasteiger partial charge in [0.15, 0.2) is 0 Å². The molecule has 2 heterocycles.